The molecule has 0 heterocycles. The molecular weight excluding hydrogens is 383 g/mol. The molecule has 2 aromatic rings. The summed E-state index contributed by atoms with van der Waals surface area (Å²) in [5, 5.41) is 0.0414. The third-order valence-corrected chi connectivity index (χ3v) is 4.67. The molecule has 0 atom stereocenters. The van der Waals surface area contributed by atoms with E-state index in [1.54, 1.807) is 19.1 Å². The largest absolute Gasteiger partial charge is 0.396 e. The zero-order valence-electron chi connectivity index (χ0n) is 10.8. The molecule has 0 aliphatic carbocycles. The minimum atomic E-state index is -4.13. The maximum absolute atomic E-state index is 13.9. The highest BCUT2D eigenvalue weighted by Gasteiger charge is 2.22. The fourth-order valence-electron chi connectivity index (χ4n) is 1.79. The fraction of sp³-hybridized carbons (Fsp3) is 0.0769. The molecule has 0 aliphatic rings. The second kappa shape index (κ2) is 5.82. The Morgan fingerprint density at radius 3 is 2.52 bits per heavy atom. The van der Waals surface area contributed by atoms with Gasteiger partial charge < -0.3 is 5.73 Å². The van der Waals surface area contributed by atoms with Crippen LogP contribution in [0.2, 0.25) is 5.02 Å². The molecule has 0 bridgehead atoms. The summed E-state index contributed by atoms with van der Waals surface area (Å²) in [6.07, 6.45) is 0. The minimum absolute atomic E-state index is 0.0414. The van der Waals surface area contributed by atoms with Crippen molar-refractivity contribution in [1.82, 2.24) is 0 Å². The van der Waals surface area contributed by atoms with E-state index in [1.807, 2.05) is 6.07 Å². The van der Waals surface area contributed by atoms with Gasteiger partial charge in [-0.05, 0) is 42.8 Å². The second-order valence-electron chi connectivity index (χ2n) is 4.43. The highest BCUT2D eigenvalue weighted by atomic mass is 79.9. The van der Waals surface area contributed by atoms with E-state index >= 15 is 0 Å². The van der Waals surface area contributed by atoms with Crippen molar-refractivity contribution in [3.8, 4) is 0 Å². The Kier molecular flexibility index (Phi) is 4.46. The molecule has 0 spiro atoms. The standard InChI is InChI=1S/C13H11BrClFN2O2S/c1-7-2-8(14)4-10(3-7)18-21(19,20)12-6-9(15)5-11(17)13(12)16/h2-6,18H,17H2,1H3. The maximum Gasteiger partial charge on any atom is 0.264 e. The number of sulfonamides is 1. The summed E-state index contributed by atoms with van der Waals surface area (Å²) in [5.74, 6) is -1.03. The van der Waals surface area contributed by atoms with Crippen LogP contribution in [-0.4, -0.2) is 8.42 Å². The second-order valence-corrected chi connectivity index (χ2v) is 7.43. The Bertz CT molecular complexity index is 792. The van der Waals surface area contributed by atoms with Gasteiger partial charge in [0.25, 0.3) is 10.0 Å². The molecule has 2 rings (SSSR count). The van der Waals surface area contributed by atoms with Gasteiger partial charge in [-0.15, -0.1) is 0 Å². The molecule has 0 amide bonds. The van der Waals surface area contributed by atoms with Crippen LogP contribution < -0.4 is 10.5 Å². The van der Waals surface area contributed by atoms with Crippen molar-refractivity contribution in [2.75, 3.05) is 10.5 Å². The predicted molar refractivity (Wildman–Crippen MR) is 85.5 cm³/mol. The first-order valence-electron chi connectivity index (χ1n) is 5.73. The molecule has 0 saturated heterocycles. The van der Waals surface area contributed by atoms with E-state index in [-0.39, 0.29) is 10.7 Å². The van der Waals surface area contributed by atoms with E-state index in [9.17, 15) is 12.8 Å². The van der Waals surface area contributed by atoms with Gasteiger partial charge in [0, 0.05) is 9.50 Å². The van der Waals surface area contributed by atoms with Crippen molar-refractivity contribution >= 4 is 48.9 Å². The lowest BCUT2D eigenvalue weighted by molar-refractivity contribution is 0.573. The molecule has 4 nitrogen and oxygen atoms in total. The average Bonchev–Trinajstić information content (AvgIpc) is 2.31. The smallest absolute Gasteiger partial charge is 0.264 e. The van der Waals surface area contributed by atoms with Crippen LogP contribution >= 0.6 is 27.5 Å². The molecule has 0 saturated carbocycles. The van der Waals surface area contributed by atoms with Crippen LogP contribution in [0.25, 0.3) is 0 Å². The number of hydrogen-bond donors (Lipinski definition) is 2. The van der Waals surface area contributed by atoms with Crippen LogP contribution in [0.15, 0.2) is 39.7 Å². The summed E-state index contributed by atoms with van der Waals surface area (Å²) < 4.78 is 41.5. The number of benzene rings is 2. The molecule has 8 heteroatoms. The van der Waals surface area contributed by atoms with Crippen LogP contribution in [0, 0.1) is 12.7 Å². The monoisotopic (exact) mass is 392 g/mol. The lowest BCUT2D eigenvalue weighted by Gasteiger charge is -2.11. The Morgan fingerprint density at radius 2 is 1.90 bits per heavy atom. The summed E-state index contributed by atoms with van der Waals surface area (Å²) in [6.45, 7) is 1.81. The van der Waals surface area contributed by atoms with Gasteiger partial charge in [0.15, 0.2) is 5.82 Å². The molecule has 21 heavy (non-hydrogen) atoms. The summed E-state index contributed by atoms with van der Waals surface area (Å²) in [6, 6.07) is 7.17. The molecule has 0 aliphatic heterocycles. The minimum Gasteiger partial charge on any atom is -0.396 e. The lowest BCUT2D eigenvalue weighted by atomic mass is 10.2. The highest BCUT2D eigenvalue weighted by molar-refractivity contribution is 9.10. The zero-order chi connectivity index (χ0) is 15.8. The molecule has 3 N–H and O–H groups in total. The Hall–Kier alpha value is -1.31. The van der Waals surface area contributed by atoms with E-state index in [0.29, 0.717) is 10.2 Å². The molecule has 0 unspecified atom stereocenters. The first kappa shape index (κ1) is 16.1. The average molecular weight is 394 g/mol. The Labute approximate surface area is 135 Å². The fourth-order valence-corrected chi connectivity index (χ4v) is 3.86. The van der Waals surface area contributed by atoms with Crippen molar-refractivity contribution in [2.45, 2.75) is 11.8 Å². The van der Waals surface area contributed by atoms with Gasteiger partial charge >= 0.3 is 0 Å². The lowest BCUT2D eigenvalue weighted by Crippen LogP contribution is -2.15. The van der Waals surface area contributed by atoms with Crippen molar-refractivity contribution in [1.29, 1.82) is 0 Å². The van der Waals surface area contributed by atoms with Crippen molar-refractivity contribution in [3.63, 3.8) is 0 Å². The van der Waals surface area contributed by atoms with Gasteiger partial charge in [0.05, 0.1) is 11.4 Å². The quantitative estimate of drug-likeness (QED) is 0.776. The Balaban J connectivity index is 2.48. The Morgan fingerprint density at radius 1 is 1.24 bits per heavy atom. The van der Waals surface area contributed by atoms with Crippen LogP contribution in [0.4, 0.5) is 15.8 Å². The third-order valence-electron chi connectivity index (χ3n) is 2.62. The number of nitrogens with two attached hydrogens (primary N) is 1. The number of anilines is 2. The van der Waals surface area contributed by atoms with E-state index in [0.717, 1.165) is 17.7 Å². The SMILES string of the molecule is Cc1cc(Br)cc(NS(=O)(=O)c2cc(Cl)cc(N)c2F)c1. The molecule has 0 fully saturated rings. The number of nitrogen functional groups attached to an aromatic ring is 1. The number of halogens is 3. The predicted octanol–water partition coefficient (Wildman–Crippen LogP) is 3.93. The molecule has 2 aromatic carbocycles. The maximum atomic E-state index is 13.9. The van der Waals surface area contributed by atoms with Crippen molar-refractivity contribution in [3.05, 3.63) is 51.2 Å². The van der Waals surface area contributed by atoms with E-state index in [4.69, 9.17) is 17.3 Å². The summed E-state index contributed by atoms with van der Waals surface area (Å²) in [4.78, 5) is -0.592. The van der Waals surface area contributed by atoms with Crippen LogP contribution in [0.1, 0.15) is 5.56 Å². The van der Waals surface area contributed by atoms with Crippen molar-refractivity contribution < 1.29 is 12.8 Å². The van der Waals surface area contributed by atoms with E-state index in [1.165, 1.54) is 0 Å². The topological polar surface area (TPSA) is 72.2 Å². The highest BCUT2D eigenvalue weighted by Crippen LogP contribution is 2.28. The van der Waals surface area contributed by atoms with E-state index in [2.05, 4.69) is 20.7 Å². The van der Waals surface area contributed by atoms with Gasteiger partial charge in [-0.1, -0.05) is 27.5 Å². The third kappa shape index (κ3) is 3.66. The normalized spacial score (nSPS) is 11.4. The summed E-state index contributed by atoms with van der Waals surface area (Å²) >= 11 is 9.00. The molecule has 112 valence electrons. The zero-order valence-corrected chi connectivity index (χ0v) is 14.0. The van der Waals surface area contributed by atoms with Gasteiger partial charge in [-0.25, -0.2) is 12.8 Å². The number of rotatable bonds is 3. The number of aryl methyl sites for hydroxylation is 1. The van der Waals surface area contributed by atoms with E-state index < -0.39 is 20.7 Å². The number of nitrogens with one attached hydrogen (secondary N) is 1. The first-order valence-corrected chi connectivity index (χ1v) is 8.39. The number of hydrogen-bond acceptors (Lipinski definition) is 3. The van der Waals surface area contributed by atoms with Gasteiger partial charge in [0.1, 0.15) is 4.90 Å². The van der Waals surface area contributed by atoms with Crippen LogP contribution in [0.5, 0.6) is 0 Å². The van der Waals surface area contributed by atoms with Crippen LogP contribution in [0.3, 0.4) is 0 Å². The van der Waals surface area contributed by atoms with Gasteiger partial charge in [0.2, 0.25) is 0 Å². The van der Waals surface area contributed by atoms with Gasteiger partial charge in [-0.2, -0.15) is 0 Å². The summed E-state index contributed by atoms with van der Waals surface area (Å²) in [5.41, 5.74) is 6.22. The molecular formula is C13H11BrClFN2O2S. The molecule has 0 radical (unpaired) electrons. The first-order chi connectivity index (χ1) is 9.69. The summed E-state index contributed by atoms with van der Waals surface area (Å²) in [7, 11) is -4.13. The van der Waals surface area contributed by atoms with Crippen molar-refractivity contribution in [2.24, 2.45) is 0 Å². The molecule has 0 aromatic heterocycles. The van der Waals surface area contributed by atoms with Gasteiger partial charge in [-0.3, -0.25) is 4.72 Å². The van der Waals surface area contributed by atoms with Crippen LogP contribution in [-0.2, 0) is 10.0 Å².